The van der Waals surface area contributed by atoms with E-state index in [1.54, 1.807) is 13.2 Å². The SMILES string of the molecule is COc1ccccc1CCNC(=O)c1cc(N2CCC3(CC2)OCCO3)ncn1. The van der Waals surface area contributed by atoms with E-state index in [1.165, 1.54) is 6.33 Å². The first-order chi connectivity index (χ1) is 14.2. The molecule has 2 saturated heterocycles. The molecule has 8 nitrogen and oxygen atoms in total. The zero-order valence-electron chi connectivity index (χ0n) is 16.6. The molecule has 4 rings (SSSR count). The number of carbonyl (C=O) groups excluding carboxylic acids is 1. The molecule has 1 aromatic carbocycles. The number of amides is 1. The highest BCUT2D eigenvalue weighted by molar-refractivity contribution is 5.92. The van der Waals surface area contributed by atoms with Gasteiger partial charge in [-0.1, -0.05) is 18.2 Å². The summed E-state index contributed by atoms with van der Waals surface area (Å²) in [4.78, 5) is 23.2. The van der Waals surface area contributed by atoms with E-state index in [1.807, 2.05) is 24.3 Å². The number of rotatable bonds is 6. The van der Waals surface area contributed by atoms with Crippen LogP contribution in [-0.4, -0.2) is 61.6 Å². The average molecular weight is 398 g/mol. The van der Waals surface area contributed by atoms with Gasteiger partial charge in [0.2, 0.25) is 0 Å². The lowest BCUT2D eigenvalue weighted by Gasteiger charge is -2.38. The summed E-state index contributed by atoms with van der Waals surface area (Å²) in [6.45, 7) is 3.36. The molecular formula is C21H26N4O4. The molecular weight excluding hydrogens is 372 g/mol. The Hall–Kier alpha value is -2.71. The van der Waals surface area contributed by atoms with Crippen LogP contribution in [0.15, 0.2) is 36.7 Å². The fourth-order valence-electron chi connectivity index (χ4n) is 3.82. The van der Waals surface area contributed by atoms with Crippen molar-refractivity contribution in [3.63, 3.8) is 0 Å². The summed E-state index contributed by atoms with van der Waals surface area (Å²) in [5.41, 5.74) is 1.42. The largest absolute Gasteiger partial charge is 0.496 e. The third-order valence-corrected chi connectivity index (χ3v) is 5.42. The summed E-state index contributed by atoms with van der Waals surface area (Å²) in [5.74, 6) is 0.939. The Morgan fingerprint density at radius 1 is 1.21 bits per heavy atom. The second-order valence-electron chi connectivity index (χ2n) is 7.17. The van der Waals surface area contributed by atoms with Crippen LogP contribution in [-0.2, 0) is 15.9 Å². The number of benzene rings is 1. The number of hydrogen-bond donors (Lipinski definition) is 1. The first kappa shape index (κ1) is 19.6. The highest BCUT2D eigenvalue weighted by atomic mass is 16.7. The monoisotopic (exact) mass is 398 g/mol. The molecule has 0 atom stereocenters. The van der Waals surface area contributed by atoms with E-state index in [0.29, 0.717) is 31.9 Å². The molecule has 0 saturated carbocycles. The minimum absolute atomic E-state index is 0.209. The number of hydrogen-bond acceptors (Lipinski definition) is 7. The lowest BCUT2D eigenvalue weighted by molar-refractivity contribution is -0.169. The summed E-state index contributed by atoms with van der Waals surface area (Å²) in [5, 5.41) is 2.93. The van der Waals surface area contributed by atoms with Gasteiger partial charge in [0, 0.05) is 38.5 Å². The van der Waals surface area contributed by atoms with Gasteiger partial charge < -0.3 is 24.4 Å². The molecule has 0 radical (unpaired) electrons. The van der Waals surface area contributed by atoms with Crippen molar-refractivity contribution in [2.24, 2.45) is 0 Å². The summed E-state index contributed by atoms with van der Waals surface area (Å²) in [7, 11) is 1.65. The van der Waals surface area contributed by atoms with E-state index in [2.05, 4.69) is 20.2 Å². The third-order valence-electron chi connectivity index (χ3n) is 5.42. The van der Waals surface area contributed by atoms with Gasteiger partial charge in [0.05, 0.1) is 20.3 Å². The average Bonchev–Trinajstić information content (AvgIpc) is 3.22. The molecule has 0 bridgehead atoms. The number of ether oxygens (including phenoxy) is 3. The molecule has 29 heavy (non-hydrogen) atoms. The fourth-order valence-corrected chi connectivity index (χ4v) is 3.82. The fraction of sp³-hybridized carbons (Fsp3) is 0.476. The number of aromatic nitrogens is 2. The Labute approximate surface area is 170 Å². The number of anilines is 1. The second kappa shape index (κ2) is 8.75. The molecule has 0 aliphatic carbocycles. The van der Waals surface area contributed by atoms with Crippen LogP contribution in [0.3, 0.4) is 0 Å². The van der Waals surface area contributed by atoms with E-state index < -0.39 is 5.79 Å². The Morgan fingerprint density at radius 3 is 2.72 bits per heavy atom. The molecule has 2 aliphatic rings. The van der Waals surface area contributed by atoms with Crippen LogP contribution in [0.25, 0.3) is 0 Å². The number of piperidine rings is 1. The lowest BCUT2D eigenvalue weighted by atomic mass is 10.0. The van der Waals surface area contributed by atoms with Gasteiger partial charge in [-0.25, -0.2) is 9.97 Å². The second-order valence-corrected chi connectivity index (χ2v) is 7.17. The Morgan fingerprint density at radius 2 is 1.97 bits per heavy atom. The molecule has 3 heterocycles. The van der Waals surface area contributed by atoms with Crippen molar-refractivity contribution in [2.45, 2.75) is 25.0 Å². The molecule has 8 heteroatoms. The molecule has 1 N–H and O–H groups in total. The maximum Gasteiger partial charge on any atom is 0.270 e. The van der Waals surface area contributed by atoms with Gasteiger partial charge in [0.15, 0.2) is 5.79 Å². The zero-order valence-corrected chi connectivity index (χ0v) is 16.6. The van der Waals surface area contributed by atoms with Gasteiger partial charge >= 0.3 is 0 Å². The van der Waals surface area contributed by atoms with Crippen LogP contribution < -0.4 is 15.0 Å². The molecule has 2 fully saturated rings. The van der Waals surface area contributed by atoms with Gasteiger partial charge in [-0.15, -0.1) is 0 Å². The predicted molar refractivity (Wildman–Crippen MR) is 107 cm³/mol. The van der Waals surface area contributed by atoms with Gasteiger partial charge in [0.25, 0.3) is 5.91 Å². The number of methoxy groups -OCH3 is 1. The smallest absolute Gasteiger partial charge is 0.270 e. The zero-order chi connectivity index (χ0) is 20.1. The molecule has 2 aliphatic heterocycles. The van der Waals surface area contributed by atoms with Crippen molar-refractivity contribution < 1.29 is 19.0 Å². The van der Waals surface area contributed by atoms with Crippen LogP contribution in [0, 0.1) is 0 Å². The van der Waals surface area contributed by atoms with Gasteiger partial charge in [-0.3, -0.25) is 4.79 Å². The molecule has 2 aromatic rings. The minimum atomic E-state index is -0.428. The van der Waals surface area contributed by atoms with Crippen LogP contribution >= 0.6 is 0 Å². The first-order valence-corrected chi connectivity index (χ1v) is 9.94. The third kappa shape index (κ3) is 4.49. The molecule has 1 aromatic heterocycles. The van der Waals surface area contributed by atoms with Gasteiger partial charge in [-0.05, 0) is 18.1 Å². The number of nitrogens with one attached hydrogen (secondary N) is 1. The van der Waals surface area contributed by atoms with Crippen molar-refractivity contribution in [1.82, 2.24) is 15.3 Å². The Kier molecular flexibility index (Phi) is 5.92. The standard InChI is InChI=1S/C21H26N4O4/c1-27-18-5-3-2-4-16(18)6-9-22-20(26)17-14-19(24-15-23-17)25-10-7-21(8-11-25)28-12-13-29-21/h2-5,14-15H,6-13H2,1H3,(H,22,26). The van der Waals surface area contributed by atoms with Gasteiger partial charge in [-0.2, -0.15) is 0 Å². The van der Waals surface area contributed by atoms with Crippen LogP contribution in [0.4, 0.5) is 5.82 Å². The molecule has 0 unspecified atom stereocenters. The Bertz CT molecular complexity index is 844. The topological polar surface area (TPSA) is 85.8 Å². The van der Waals surface area contributed by atoms with Crippen LogP contribution in [0.2, 0.25) is 0 Å². The van der Waals surface area contributed by atoms with E-state index in [-0.39, 0.29) is 5.91 Å². The molecule has 1 amide bonds. The highest BCUT2D eigenvalue weighted by Crippen LogP contribution is 2.32. The minimum Gasteiger partial charge on any atom is -0.496 e. The maximum absolute atomic E-state index is 12.5. The summed E-state index contributed by atoms with van der Waals surface area (Å²) >= 11 is 0. The highest BCUT2D eigenvalue weighted by Gasteiger charge is 2.40. The van der Waals surface area contributed by atoms with E-state index in [9.17, 15) is 4.79 Å². The quantitative estimate of drug-likeness (QED) is 0.794. The summed E-state index contributed by atoms with van der Waals surface area (Å²) < 4.78 is 16.9. The van der Waals surface area contributed by atoms with Crippen LogP contribution in [0.5, 0.6) is 5.75 Å². The maximum atomic E-state index is 12.5. The van der Waals surface area contributed by atoms with Crippen molar-refractivity contribution in [2.75, 3.05) is 44.9 Å². The lowest BCUT2D eigenvalue weighted by Crippen LogP contribution is -2.45. The molecule has 1 spiro atoms. The van der Waals surface area contributed by atoms with Crippen molar-refractivity contribution in [3.8, 4) is 5.75 Å². The van der Waals surface area contributed by atoms with Crippen LogP contribution in [0.1, 0.15) is 28.9 Å². The molecule has 154 valence electrons. The predicted octanol–water partition coefficient (Wildman–Crippen LogP) is 1.80. The van der Waals surface area contributed by atoms with E-state index in [0.717, 1.165) is 43.1 Å². The normalized spacial score (nSPS) is 18.0. The number of carbonyl (C=O) groups is 1. The van der Waals surface area contributed by atoms with E-state index in [4.69, 9.17) is 14.2 Å². The van der Waals surface area contributed by atoms with Crippen molar-refractivity contribution in [1.29, 1.82) is 0 Å². The first-order valence-electron chi connectivity index (χ1n) is 9.94. The summed E-state index contributed by atoms with van der Waals surface area (Å²) in [6.07, 6.45) is 3.70. The van der Waals surface area contributed by atoms with E-state index >= 15 is 0 Å². The van der Waals surface area contributed by atoms with Crippen molar-refractivity contribution >= 4 is 11.7 Å². The van der Waals surface area contributed by atoms with Gasteiger partial charge in [0.1, 0.15) is 23.6 Å². The Balaban J connectivity index is 1.33. The number of para-hydroxylation sites is 1. The summed E-state index contributed by atoms with van der Waals surface area (Å²) in [6, 6.07) is 9.54. The number of nitrogens with zero attached hydrogens (tertiary/aromatic N) is 3. The van der Waals surface area contributed by atoms with Crippen molar-refractivity contribution in [3.05, 3.63) is 47.9 Å².